The molecular formula is C25H31FO2. The average Bonchev–Trinajstić information content (AvgIpc) is 2.66. The molecule has 1 atom stereocenters. The number of fused-ring (bicyclic) bond motifs is 1. The molecule has 0 aliphatic carbocycles. The standard InChI is InChI=1S/C25H31FO2/c1-17(2)10-9-14-25(26)15-13-22-20(5)23(18(3)19(4)24(22)28-25)27-16-21-11-7-6-8-12-21/h6-8,10-12H,9,13-16H2,1-5H3/t25-/m1/s1. The van der Waals surface area contributed by atoms with Crippen molar-refractivity contribution in [3.05, 3.63) is 69.8 Å². The average molecular weight is 383 g/mol. The number of rotatable bonds is 6. The lowest BCUT2D eigenvalue weighted by Crippen LogP contribution is -2.35. The molecule has 0 spiro atoms. The van der Waals surface area contributed by atoms with E-state index in [4.69, 9.17) is 9.47 Å². The van der Waals surface area contributed by atoms with Crippen LogP contribution in [0.1, 0.15) is 60.9 Å². The zero-order valence-corrected chi connectivity index (χ0v) is 17.7. The Morgan fingerprint density at radius 2 is 1.82 bits per heavy atom. The zero-order chi connectivity index (χ0) is 20.3. The molecule has 1 heterocycles. The van der Waals surface area contributed by atoms with Crippen molar-refractivity contribution in [1.29, 1.82) is 0 Å². The molecule has 2 nitrogen and oxygen atoms in total. The van der Waals surface area contributed by atoms with Crippen LogP contribution in [0.4, 0.5) is 4.39 Å². The van der Waals surface area contributed by atoms with Crippen LogP contribution in [-0.4, -0.2) is 5.85 Å². The van der Waals surface area contributed by atoms with E-state index in [9.17, 15) is 0 Å². The first-order chi connectivity index (χ1) is 13.3. The number of halogens is 1. The Labute approximate surface area is 168 Å². The fourth-order valence-corrected chi connectivity index (χ4v) is 3.84. The fourth-order valence-electron chi connectivity index (χ4n) is 3.84. The topological polar surface area (TPSA) is 18.5 Å². The van der Waals surface area contributed by atoms with Gasteiger partial charge in [0.1, 0.15) is 18.1 Å². The maximum atomic E-state index is 15.3. The lowest BCUT2D eigenvalue weighted by atomic mass is 9.89. The van der Waals surface area contributed by atoms with Crippen molar-refractivity contribution in [1.82, 2.24) is 0 Å². The van der Waals surface area contributed by atoms with Gasteiger partial charge in [0.15, 0.2) is 0 Å². The third-order valence-corrected chi connectivity index (χ3v) is 5.64. The fraction of sp³-hybridized carbons (Fsp3) is 0.440. The molecule has 2 aromatic rings. The molecule has 0 saturated heterocycles. The molecule has 0 N–H and O–H groups in total. The predicted octanol–water partition coefficient (Wildman–Crippen LogP) is 6.93. The molecule has 2 aromatic carbocycles. The monoisotopic (exact) mass is 382 g/mol. The highest BCUT2D eigenvalue weighted by atomic mass is 19.2. The second-order valence-electron chi connectivity index (χ2n) is 8.09. The third kappa shape index (κ3) is 4.40. The summed E-state index contributed by atoms with van der Waals surface area (Å²) in [6.07, 6.45) is 4.22. The highest BCUT2D eigenvalue weighted by Crippen LogP contribution is 2.45. The maximum Gasteiger partial charge on any atom is 0.249 e. The Morgan fingerprint density at radius 3 is 2.50 bits per heavy atom. The van der Waals surface area contributed by atoms with E-state index in [1.807, 2.05) is 45.9 Å². The van der Waals surface area contributed by atoms with Gasteiger partial charge in [-0.2, -0.15) is 4.39 Å². The van der Waals surface area contributed by atoms with Gasteiger partial charge in [-0.3, -0.25) is 0 Å². The van der Waals surface area contributed by atoms with Gasteiger partial charge in [-0.1, -0.05) is 42.0 Å². The second kappa shape index (κ2) is 8.38. The van der Waals surface area contributed by atoms with Crippen LogP contribution in [0.2, 0.25) is 0 Å². The van der Waals surface area contributed by atoms with Gasteiger partial charge in [-0.05, 0) is 69.7 Å². The molecular weight excluding hydrogens is 351 g/mol. The van der Waals surface area contributed by atoms with Crippen LogP contribution in [0, 0.1) is 20.8 Å². The molecule has 0 radical (unpaired) electrons. The zero-order valence-electron chi connectivity index (χ0n) is 17.7. The first-order valence-corrected chi connectivity index (χ1v) is 10.1. The summed E-state index contributed by atoms with van der Waals surface area (Å²) in [4.78, 5) is 0. The minimum Gasteiger partial charge on any atom is -0.488 e. The molecule has 0 amide bonds. The Bertz CT molecular complexity index is 866. The van der Waals surface area contributed by atoms with E-state index in [0.29, 0.717) is 38.0 Å². The lowest BCUT2D eigenvalue weighted by Gasteiger charge is -2.35. The molecule has 0 aromatic heterocycles. The lowest BCUT2D eigenvalue weighted by molar-refractivity contribution is -0.0844. The van der Waals surface area contributed by atoms with E-state index in [1.54, 1.807) is 0 Å². The Hall–Kier alpha value is -2.29. The largest absolute Gasteiger partial charge is 0.488 e. The number of ether oxygens (including phenoxy) is 2. The molecule has 3 heteroatoms. The number of hydrogen-bond donors (Lipinski definition) is 0. The van der Waals surface area contributed by atoms with Gasteiger partial charge in [-0.15, -0.1) is 0 Å². The molecule has 0 saturated carbocycles. The smallest absolute Gasteiger partial charge is 0.249 e. The number of allylic oxidation sites excluding steroid dienone is 2. The first-order valence-electron chi connectivity index (χ1n) is 10.1. The van der Waals surface area contributed by atoms with Crippen LogP contribution in [0.5, 0.6) is 11.5 Å². The molecule has 3 rings (SSSR count). The van der Waals surface area contributed by atoms with E-state index < -0.39 is 5.85 Å². The van der Waals surface area contributed by atoms with Gasteiger partial charge in [-0.25, -0.2) is 0 Å². The third-order valence-electron chi connectivity index (χ3n) is 5.64. The quantitative estimate of drug-likeness (QED) is 0.504. The van der Waals surface area contributed by atoms with E-state index in [-0.39, 0.29) is 0 Å². The predicted molar refractivity (Wildman–Crippen MR) is 113 cm³/mol. The summed E-state index contributed by atoms with van der Waals surface area (Å²) in [6, 6.07) is 10.1. The molecule has 0 fully saturated rings. The Kier molecular flexibility index (Phi) is 6.12. The van der Waals surface area contributed by atoms with E-state index in [0.717, 1.165) is 33.6 Å². The van der Waals surface area contributed by atoms with Gasteiger partial charge in [0, 0.05) is 18.4 Å². The molecule has 1 aliphatic rings. The van der Waals surface area contributed by atoms with Gasteiger partial charge < -0.3 is 9.47 Å². The van der Waals surface area contributed by atoms with Crippen molar-refractivity contribution in [2.24, 2.45) is 0 Å². The van der Waals surface area contributed by atoms with Crippen molar-refractivity contribution in [3.63, 3.8) is 0 Å². The van der Waals surface area contributed by atoms with Crippen LogP contribution in [0.15, 0.2) is 42.0 Å². The van der Waals surface area contributed by atoms with Gasteiger partial charge in [0.25, 0.3) is 0 Å². The van der Waals surface area contributed by atoms with Gasteiger partial charge in [0.2, 0.25) is 5.85 Å². The summed E-state index contributed by atoms with van der Waals surface area (Å²) in [5, 5.41) is 0. The minimum atomic E-state index is -1.59. The van der Waals surface area contributed by atoms with Crippen molar-refractivity contribution >= 4 is 0 Å². The number of hydrogen-bond acceptors (Lipinski definition) is 2. The summed E-state index contributed by atoms with van der Waals surface area (Å²) < 4.78 is 27.5. The summed E-state index contributed by atoms with van der Waals surface area (Å²) in [5.41, 5.74) is 6.51. The van der Waals surface area contributed by atoms with Crippen molar-refractivity contribution < 1.29 is 13.9 Å². The van der Waals surface area contributed by atoms with Gasteiger partial charge >= 0.3 is 0 Å². The summed E-state index contributed by atoms with van der Waals surface area (Å²) in [5.74, 6) is 0.0299. The second-order valence-corrected chi connectivity index (χ2v) is 8.09. The van der Waals surface area contributed by atoms with Crippen LogP contribution in [0.3, 0.4) is 0 Å². The Morgan fingerprint density at radius 1 is 1.11 bits per heavy atom. The summed E-state index contributed by atoms with van der Waals surface area (Å²) >= 11 is 0. The maximum absolute atomic E-state index is 15.3. The van der Waals surface area contributed by atoms with E-state index in [1.165, 1.54) is 5.57 Å². The van der Waals surface area contributed by atoms with E-state index in [2.05, 4.69) is 25.1 Å². The van der Waals surface area contributed by atoms with Crippen molar-refractivity contribution in [2.45, 2.75) is 72.8 Å². The molecule has 28 heavy (non-hydrogen) atoms. The molecule has 150 valence electrons. The molecule has 1 aliphatic heterocycles. The first kappa shape index (κ1) is 20.4. The minimum absolute atomic E-state index is 0.387. The SMILES string of the molecule is CC(C)=CCC[C@]1(F)CCc2c(C)c(OCc3ccccc3)c(C)c(C)c2O1. The highest BCUT2D eigenvalue weighted by molar-refractivity contribution is 5.59. The van der Waals surface area contributed by atoms with Crippen molar-refractivity contribution in [3.8, 4) is 11.5 Å². The normalized spacial score (nSPS) is 18.2. The van der Waals surface area contributed by atoms with E-state index >= 15 is 4.39 Å². The van der Waals surface area contributed by atoms with Crippen LogP contribution in [-0.2, 0) is 13.0 Å². The summed E-state index contributed by atoms with van der Waals surface area (Å²) in [6.45, 7) is 10.7. The van der Waals surface area contributed by atoms with Crippen molar-refractivity contribution in [2.75, 3.05) is 0 Å². The number of alkyl halides is 1. The van der Waals surface area contributed by atoms with Crippen LogP contribution < -0.4 is 9.47 Å². The van der Waals surface area contributed by atoms with Gasteiger partial charge in [0.05, 0.1) is 0 Å². The van der Waals surface area contributed by atoms with Crippen LogP contribution in [0.25, 0.3) is 0 Å². The molecule has 0 unspecified atom stereocenters. The summed E-state index contributed by atoms with van der Waals surface area (Å²) in [7, 11) is 0. The molecule has 0 bridgehead atoms. The number of benzene rings is 2. The Balaban J connectivity index is 1.83. The van der Waals surface area contributed by atoms with Crippen LogP contribution >= 0.6 is 0 Å². The highest BCUT2D eigenvalue weighted by Gasteiger charge is 2.38.